The van der Waals surface area contributed by atoms with Gasteiger partial charge in [0.25, 0.3) is 0 Å². The van der Waals surface area contributed by atoms with E-state index in [1.54, 1.807) is 6.07 Å². The third-order valence-corrected chi connectivity index (χ3v) is 3.56. The smallest absolute Gasteiger partial charge is 0.325 e. The van der Waals surface area contributed by atoms with Gasteiger partial charge in [0, 0.05) is 23.9 Å². The SMILES string of the molecule is O=C(CCNC1CC1)Nc1ccccc1SC(F)(F)F. The molecule has 0 aromatic heterocycles. The maximum atomic E-state index is 12.4. The molecule has 0 aliphatic heterocycles. The van der Waals surface area contributed by atoms with Crippen LogP contribution in [-0.4, -0.2) is 24.0 Å². The molecule has 0 radical (unpaired) electrons. The van der Waals surface area contributed by atoms with Crippen LogP contribution >= 0.6 is 11.8 Å². The van der Waals surface area contributed by atoms with Gasteiger partial charge in [-0.15, -0.1) is 0 Å². The van der Waals surface area contributed by atoms with E-state index in [2.05, 4.69) is 10.6 Å². The molecule has 2 N–H and O–H groups in total. The topological polar surface area (TPSA) is 41.1 Å². The molecule has 0 bridgehead atoms. The van der Waals surface area contributed by atoms with E-state index in [4.69, 9.17) is 0 Å². The summed E-state index contributed by atoms with van der Waals surface area (Å²) in [5, 5.41) is 5.71. The van der Waals surface area contributed by atoms with Gasteiger partial charge in [0.2, 0.25) is 5.91 Å². The number of para-hydroxylation sites is 1. The van der Waals surface area contributed by atoms with Crippen molar-refractivity contribution in [2.24, 2.45) is 0 Å². The first kappa shape index (κ1) is 15.2. The van der Waals surface area contributed by atoms with E-state index in [0.717, 1.165) is 12.8 Å². The Kier molecular flexibility index (Phi) is 4.93. The van der Waals surface area contributed by atoms with Crippen LogP contribution in [0.5, 0.6) is 0 Å². The molecule has 0 unspecified atom stereocenters. The Morgan fingerprint density at radius 1 is 1.30 bits per heavy atom. The summed E-state index contributed by atoms with van der Waals surface area (Å²) in [5.74, 6) is -0.284. The van der Waals surface area contributed by atoms with Gasteiger partial charge in [-0.3, -0.25) is 4.79 Å². The average Bonchev–Trinajstić information content (AvgIpc) is 3.14. The number of halogens is 3. The van der Waals surface area contributed by atoms with Crippen LogP contribution in [0.3, 0.4) is 0 Å². The second-order valence-corrected chi connectivity index (χ2v) is 5.68. The molecule has 0 spiro atoms. The summed E-state index contributed by atoms with van der Waals surface area (Å²) in [7, 11) is 0. The van der Waals surface area contributed by atoms with Crippen LogP contribution in [0.4, 0.5) is 18.9 Å². The van der Waals surface area contributed by atoms with Crippen LogP contribution in [0.2, 0.25) is 0 Å². The van der Waals surface area contributed by atoms with Crippen molar-refractivity contribution in [2.45, 2.75) is 35.7 Å². The largest absolute Gasteiger partial charge is 0.446 e. The first-order valence-corrected chi connectivity index (χ1v) is 7.14. The number of hydrogen-bond acceptors (Lipinski definition) is 3. The van der Waals surface area contributed by atoms with E-state index >= 15 is 0 Å². The predicted molar refractivity (Wildman–Crippen MR) is 72.6 cm³/mol. The fraction of sp³-hybridized carbons (Fsp3) is 0.462. The lowest BCUT2D eigenvalue weighted by Gasteiger charge is -2.12. The summed E-state index contributed by atoms with van der Waals surface area (Å²) in [5.41, 5.74) is -4.17. The Hall–Kier alpha value is -1.21. The van der Waals surface area contributed by atoms with Gasteiger partial charge in [-0.25, -0.2) is 0 Å². The number of thioether (sulfide) groups is 1. The first-order valence-electron chi connectivity index (χ1n) is 6.32. The lowest BCUT2D eigenvalue weighted by atomic mass is 10.3. The number of carbonyl (C=O) groups is 1. The molecule has 1 saturated carbocycles. The zero-order valence-corrected chi connectivity index (χ0v) is 11.5. The molecule has 0 saturated heterocycles. The van der Waals surface area contributed by atoms with Gasteiger partial charge in [-0.05, 0) is 36.7 Å². The van der Waals surface area contributed by atoms with Crippen LogP contribution in [0.25, 0.3) is 0 Å². The van der Waals surface area contributed by atoms with Crippen molar-refractivity contribution in [3.8, 4) is 0 Å². The number of hydrogen-bond donors (Lipinski definition) is 2. The maximum absolute atomic E-state index is 12.4. The molecule has 7 heteroatoms. The number of alkyl halides is 3. The summed E-state index contributed by atoms with van der Waals surface area (Å²) in [6.45, 7) is 0.547. The molecule has 1 aliphatic rings. The molecule has 1 fully saturated rings. The molecular weight excluding hydrogens is 289 g/mol. The van der Waals surface area contributed by atoms with Crippen molar-refractivity contribution in [3.05, 3.63) is 24.3 Å². The molecule has 1 amide bonds. The van der Waals surface area contributed by atoms with Crippen LogP contribution < -0.4 is 10.6 Å². The number of nitrogens with one attached hydrogen (secondary N) is 2. The number of amides is 1. The Labute approximate surface area is 119 Å². The highest BCUT2D eigenvalue weighted by molar-refractivity contribution is 8.00. The van der Waals surface area contributed by atoms with Gasteiger partial charge in [0.05, 0.1) is 5.69 Å². The second-order valence-electron chi connectivity index (χ2n) is 4.57. The maximum Gasteiger partial charge on any atom is 0.446 e. The summed E-state index contributed by atoms with van der Waals surface area (Å²) >= 11 is -0.222. The number of benzene rings is 1. The van der Waals surface area contributed by atoms with E-state index in [-0.39, 0.29) is 34.7 Å². The minimum Gasteiger partial charge on any atom is -0.325 e. The molecule has 0 heterocycles. The average molecular weight is 304 g/mol. The van der Waals surface area contributed by atoms with Gasteiger partial charge in [0.15, 0.2) is 0 Å². The minimum absolute atomic E-state index is 0.00324. The van der Waals surface area contributed by atoms with E-state index in [0.29, 0.717) is 12.6 Å². The fourth-order valence-corrected chi connectivity index (χ4v) is 2.30. The van der Waals surface area contributed by atoms with Gasteiger partial charge in [-0.2, -0.15) is 13.2 Å². The molecule has 110 valence electrons. The van der Waals surface area contributed by atoms with Gasteiger partial charge < -0.3 is 10.6 Å². The zero-order valence-electron chi connectivity index (χ0n) is 10.7. The van der Waals surface area contributed by atoms with Gasteiger partial charge >= 0.3 is 5.51 Å². The molecule has 1 aromatic carbocycles. The molecule has 3 nitrogen and oxygen atoms in total. The Bertz CT molecular complexity index is 475. The highest BCUT2D eigenvalue weighted by Crippen LogP contribution is 2.40. The minimum atomic E-state index is -4.37. The predicted octanol–water partition coefficient (Wildman–Crippen LogP) is 3.38. The number of anilines is 1. The standard InChI is InChI=1S/C13H15F3N2OS/c14-13(15,16)20-11-4-2-1-3-10(11)18-12(19)7-8-17-9-5-6-9/h1-4,9,17H,5-8H2,(H,18,19). The summed E-state index contributed by atoms with van der Waals surface area (Å²) < 4.78 is 37.2. The van der Waals surface area contributed by atoms with Gasteiger partial charge in [0.1, 0.15) is 0 Å². The van der Waals surface area contributed by atoms with Gasteiger partial charge in [-0.1, -0.05) is 12.1 Å². The summed E-state index contributed by atoms with van der Waals surface area (Å²) in [6.07, 6.45) is 2.51. The number of carbonyl (C=O) groups excluding carboxylic acids is 1. The Morgan fingerprint density at radius 2 is 2.00 bits per heavy atom. The van der Waals surface area contributed by atoms with E-state index in [1.165, 1.54) is 18.2 Å². The van der Waals surface area contributed by atoms with Crippen molar-refractivity contribution in [2.75, 3.05) is 11.9 Å². The molecule has 1 aromatic rings. The Morgan fingerprint density at radius 3 is 2.65 bits per heavy atom. The normalized spacial score (nSPS) is 15.2. The number of rotatable bonds is 6. The molecule has 0 atom stereocenters. The molecular formula is C13H15F3N2OS. The first-order chi connectivity index (χ1) is 9.44. The van der Waals surface area contributed by atoms with E-state index in [1.807, 2.05) is 0 Å². The fourth-order valence-electron chi connectivity index (χ4n) is 1.67. The highest BCUT2D eigenvalue weighted by atomic mass is 32.2. The third kappa shape index (κ3) is 5.42. The molecule has 1 aliphatic carbocycles. The zero-order chi connectivity index (χ0) is 14.6. The van der Waals surface area contributed by atoms with Crippen molar-refractivity contribution < 1.29 is 18.0 Å². The quantitative estimate of drug-likeness (QED) is 0.792. The Balaban J connectivity index is 1.88. The summed E-state index contributed by atoms with van der Waals surface area (Å²) in [4.78, 5) is 11.7. The van der Waals surface area contributed by atoms with Crippen molar-refractivity contribution in [1.82, 2.24) is 5.32 Å². The van der Waals surface area contributed by atoms with Crippen LogP contribution in [0.1, 0.15) is 19.3 Å². The van der Waals surface area contributed by atoms with E-state index in [9.17, 15) is 18.0 Å². The van der Waals surface area contributed by atoms with Crippen LogP contribution in [-0.2, 0) is 4.79 Å². The highest BCUT2D eigenvalue weighted by Gasteiger charge is 2.30. The van der Waals surface area contributed by atoms with Crippen molar-refractivity contribution >= 4 is 23.4 Å². The summed E-state index contributed by atoms with van der Waals surface area (Å²) in [6, 6.07) is 6.43. The molecule has 20 heavy (non-hydrogen) atoms. The third-order valence-electron chi connectivity index (χ3n) is 2.75. The van der Waals surface area contributed by atoms with Crippen molar-refractivity contribution in [3.63, 3.8) is 0 Å². The van der Waals surface area contributed by atoms with Crippen molar-refractivity contribution in [1.29, 1.82) is 0 Å². The molecule has 2 rings (SSSR count). The monoisotopic (exact) mass is 304 g/mol. The van der Waals surface area contributed by atoms with Crippen LogP contribution in [0.15, 0.2) is 29.2 Å². The van der Waals surface area contributed by atoms with E-state index < -0.39 is 5.51 Å². The lowest BCUT2D eigenvalue weighted by Crippen LogP contribution is -2.23. The lowest BCUT2D eigenvalue weighted by molar-refractivity contribution is -0.116. The second kappa shape index (κ2) is 6.49. The van der Waals surface area contributed by atoms with Crippen LogP contribution in [0, 0.1) is 0 Å².